The highest BCUT2D eigenvalue weighted by atomic mass is 19.1. The minimum absolute atomic E-state index is 0.0282. The summed E-state index contributed by atoms with van der Waals surface area (Å²) in [4.78, 5) is 40.1. The zero-order valence-electron chi connectivity index (χ0n) is 17.1. The van der Waals surface area contributed by atoms with E-state index in [2.05, 4.69) is 10.6 Å². The van der Waals surface area contributed by atoms with E-state index >= 15 is 0 Å². The van der Waals surface area contributed by atoms with Crippen molar-refractivity contribution >= 4 is 17.8 Å². The molecular weight excluding hydrogens is 363 g/mol. The normalized spacial score (nSPS) is 11.5. The molecule has 156 valence electrons. The topological polar surface area (TPSA) is 81.8 Å². The number of hydrogen-bond donors (Lipinski definition) is 2. The van der Waals surface area contributed by atoms with Crippen LogP contribution in [0.1, 0.15) is 39.2 Å². The van der Waals surface area contributed by atoms with Crippen molar-refractivity contribution in [2.24, 2.45) is 0 Å². The molecule has 0 bridgehead atoms. The van der Waals surface area contributed by atoms with Crippen molar-refractivity contribution in [1.82, 2.24) is 20.4 Å². The molecule has 1 atom stereocenters. The quantitative estimate of drug-likeness (QED) is 0.638. The van der Waals surface area contributed by atoms with E-state index in [9.17, 15) is 18.8 Å². The van der Waals surface area contributed by atoms with E-state index in [0.29, 0.717) is 25.9 Å². The number of benzene rings is 1. The molecule has 8 heteroatoms. The van der Waals surface area contributed by atoms with Crippen LogP contribution in [-0.2, 0) is 16.1 Å². The lowest BCUT2D eigenvalue weighted by Gasteiger charge is -2.26. The van der Waals surface area contributed by atoms with Crippen molar-refractivity contribution in [3.05, 3.63) is 35.6 Å². The van der Waals surface area contributed by atoms with Crippen LogP contribution in [0.25, 0.3) is 0 Å². The van der Waals surface area contributed by atoms with Gasteiger partial charge in [-0.25, -0.2) is 9.18 Å². The molecule has 0 unspecified atom stereocenters. The molecule has 1 aromatic rings. The van der Waals surface area contributed by atoms with Gasteiger partial charge in [-0.1, -0.05) is 25.5 Å². The third-order valence-corrected chi connectivity index (χ3v) is 4.41. The summed E-state index contributed by atoms with van der Waals surface area (Å²) in [6.45, 7) is 7.04. The minimum atomic E-state index is -0.715. The van der Waals surface area contributed by atoms with Gasteiger partial charge in [-0.3, -0.25) is 9.59 Å². The van der Waals surface area contributed by atoms with Crippen LogP contribution in [0.15, 0.2) is 24.3 Å². The molecule has 0 fully saturated rings. The van der Waals surface area contributed by atoms with E-state index in [1.807, 2.05) is 20.8 Å². The van der Waals surface area contributed by atoms with E-state index in [1.165, 1.54) is 17.0 Å². The van der Waals surface area contributed by atoms with Gasteiger partial charge in [0.25, 0.3) is 0 Å². The molecular formula is C20H31FN4O3. The lowest BCUT2D eigenvalue weighted by molar-refractivity contribution is -0.140. The molecule has 0 radical (unpaired) electrons. The maximum atomic E-state index is 12.9. The fraction of sp³-hybridized carbons (Fsp3) is 0.550. The molecule has 0 saturated heterocycles. The van der Waals surface area contributed by atoms with E-state index < -0.39 is 12.1 Å². The molecule has 0 spiro atoms. The van der Waals surface area contributed by atoms with E-state index in [-0.39, 0.29) is 30.7 Å². The zero-order chi connectivity index (χ0) is 21.1. The van der Waals surface area contributed by atoms with Gasteiger partial charge >= 0.3 is 6.03 Å². The van der Waals surface area contributed by atoms with Gasteiger partial charge in [0.15, 0.2) is 0 Å². The van der Waals surface area contributed by atoms with Crippen molar-refractivity contribution in [3.8, 4) is 0 Å². The number of carbonyl (C=O) groups excluding carboxylic acids is 3. The Morgan fingerprint density at radius 3 is 2.21 bits per heavy atom. The Balaban J connectivity index is 2.61. The van der Waals surface area contributed by atoms with Crippen molar-refractivity contribution in [3.63, 3.8) is 0 Å². The molecule has 0 heterocycles. The Kier molecular flexibility index (Phi) is 9.98. The van der Waals surface area contributed by atoms with E-state index in [4.69, 9.17) is 0 Å². The van der Waals surface area contributed by atoms with Crippen molar-refractivity contribution < 1.29 is 18.8 Å². The number of rotatable bonds is 10. The van der Waals surface area contributed by atoms with Crippen molar-refractivity contribution in [2.45, 2.75) is 46.2 Å². The molecule has 2 N–H and O–H groups in total. The molecule has 0 aliphatic heterocycles. The molecule has 1 aromatic carbocycles. The number of urea groups is 1. The van der Waals surface area contributed by atoms with E-state index in [1.54, 1.807) is 24.1 Å². The van der Waals surface area contributed by atoms with Crippen LogP contribution in [0.4, 0.5) is 9.18 Å². The van der Waals surface area contributed by atoms with Crippen molar-refractivity contribution in [2.75, 3.05) is 26.7 Å². The molecule has 4 amide bonds. The number of amides is 4. The highest BCUT2D eigenvalue weighted by Gasteiger charge is 2.25. The van der Waals surface area contributed by atoms with Crippen LogP contribution < -0.4 is 10.6 Å². The fourth-order valence-electron chi connectivity index (χ4n) is 2.76. The maximum Gasteiger partial charge on any atom is 0.315 e. The lowest BCUT2D eigenvalue weighted by atomic mass is 10.1. The Bertz CT molecular complexity index is 647. The summed E-state index contributed by atoms with van der Waals surface area (Å²) in [6.07, 6.45) is 1.17. The summed E-state index contributed by atoms with van der Waals surface area (Å²) in [5.74, 6) is -0.778. The Hall–Kier alpha value is -2.64. The minimum Gasteiger partial charge on any atom is -0.342 e. The van der Waals surface area contributed by atoms with Gasteiger partial charge in [0.1, 0.15) is 11.9 Å². The predicted molar refractivity (Wildman–Crippen MR) is 106 cm³/mol. The third kappa shape index (κ3) is 7.54. The average molecular weight is 394 g/mol. The van der Waals surface area contributed by atoms with Crippen LogP contribution in [0.5, 0.6) is 0 Å². The van der Waals surface area contributed by atoms with Crippen molar-refractivity contribution in [1.29, 1.82) is 0 Å². The van der Waals surface area contributed by atoms with Gasteiger partial charge in [0, 0.05) is 26.7 Å². The summed E-state index contributed by atoms with van der Waals surface area (Å²) in [5.41, 5.74) is 0.747. The third-order valence-electron chi connectivity index (χ3n) is 4.41. The van der Waals surface area contributed by atoms with Gasteiger partial charge in [-0.05, 0) is 38.0 Å². The summed E-state index contributed by atoms with van der Waals surface area (Å²) in [6, 6.07) is 4.60. The second-order valence-electron chi connectivity index (χ2n) is 6.56. The predicted octanol–water partition coefficient (Wildman–Crippen LogP) is 2.12. The van der Waals surface area contributed by atoms with Crippen LogP contribution in [0.3, 0.4) is 0 Å². The maximum absolute atomic E-state index is 12.9. The van der Waals surface area contributed by atoms with Crippen LogP contribution in [0, 0.1) is 5.82 Å². The summed E-state index contributed by atoms with van der Waals surface area (Å²) < 4.78 is 12.9. The standard InChI is InChI=1S/C20H31FN4O3/c1-5-8-17(19(27)24(4)14-18(26)25(6-2)7-3)23-20(28)22-13-15-9-11-16(21)12-10-15/h9-12,17H,5-8,13-14H2,1-4H3,(H2,22,23,28)/t17-/m0/s1. The molecule has 0 saturated carbocycles. The molecule has 1 rings (SSSR count). The Labute approximate surface area is 166 Å². The number of nitrogens with one attached hydrogen (secondary N) is 2. The highest BCUT2D eigenvalue weighted by Crippen LogP contribution is 2.04. The summed E-state index contributed by atoms with van der Waals surface area (Å²) in [5, 5.41) is 5.33. The Morgan fingerprint density at radius 1 is 1.07 bits per heavy atom. The SMILES string of the molecule is CCC[C@H](NC(=O)NCc1ccc(F)cc1)C(=O)N(C)CC(=O)N(CC)CC. The van der Waals surface area contributed by atoms with Gasteiger partial charge < -0.3 is 20.4 Å². The first-order chi connectivity index (χ1) is 13.3. The van der Waals surface area contributed by atoms with Gasteiger partial charge in [0.05, 0.1) is 6.54 Å². The molecule has 0 aliphatic rings. The van der Waals surface area contributed by atoms with Gasteiger partial charge in [-0.15, -0.1) is 0 Å². The van der Waals surface area contributed by atoms with E-state index in [0.717, 1.165) is 5.56 Å². The van der Waals surface area contributed by atoms with Crippen LogP contribution >= 0.6 is 0 Å². The largest absolute Gasteiger partial charge is 0.342 e. The average Bonchev–Trinajstić information content (AvgIpc) is 2.67. The lowest BCUT2D eigenvalue weighted by Crippen LogP contribution is -2.52. The van der Waals surface area contributed by atoms with Gasteiger partial charge in [-0.2, -0.15) is 0 Å². The smallest absolute Gasteiger partial charge is 0.315 e. The van der Waals surface area contributed by atoms with Crippen LogP contribution in [0.2, 0.25) is 0 Å². The first-order valence-corrected chi connectivity index (χ1v) is 9.63. The molecule has 28 heavy (non-hydrogen) atoms. The summed E-state index contributed by atoms with van der Waals surface area (Å²) in [7, 11) is 1.56. The second-order valence-corrected chi connectivity index (χ2v) is 6.56. The fourth-order valence-corrected chi connectivity index (χ4v) is 2.76. The number of hydrogen-bond acceptors (Lipinski definition) is 3. The monoisotopic (exact) mass is 394 g/mol. The number of nitrogens with zero attached hydrogens (tertiary/aromatic N) is 2. The molecule has 0 aromatic heterocycles. The highest BCUT2D eigenvalue weighted by molar-refractivity contribution is 5.90. The number of halogens is 1. The molecule has 0 aliphatic carbocycles. The first-order valence-electron chi connectivity index (χ1n) is 9.63. The summed E-state index contributed by atoms with van der Waals surface area (Å²) >= 11 is 0. The molecule has 7 nitrogen and oxygen atoms in total. The van der Waals surface area contributed by atoms with Gasteiger partial charge in [0.2, 0.25) is 11.8 Å². The Morgan fingerprint density at radius 2 is 1.68 bits per heavy atom. The number of likely N-dealkylation sites (N-methyl/N-ethyl adjacent to an activating group) is 2. The second kappa shape index (κ2) is 11.9. The number of carbonyl (C=O) groups is 3. The first kappa shape index (κ1) is 23.4. The van der Waals surface area contributed by atoms with Crippen LogP contribution in [-0.4, -0.2) is 60.4 Å². The zero-order valence-corrected chi connectivity index (χ0v) is 17.1.